The number of nitrogens with two attached hydrogens (primary N) is 1. The lowest BCUT2D eigenvalue weighted by molar-refractivity contribution is -0.0151. The summed E-state index contributed by atoms with van der Waals surface area (Å²) in [6.07, 6.45) is 7.91. The molecule has 3 heteroatoms. The van der Waals surface area contributed by atoms with Crippen LogP contribution in [0.2, 0.25) is 0 Å². The zero-order valence-electron chi connectivity index (χ0n) is 9.24. The van der Waals surface area contributed by atoms with Crippen molar-refractivity contribution in [2.45, 2.75) is 38.3 Å². The van der Waals surface area contributed by atoms with Gasteiger partial charge in [-0.15, -0.1) is 0 Å². The molecule has 1 saturated carbocycles. The van der Waals surface area contributed by atoms with Crippen LogP contribution < -0.4 is 10.6 Å². The standard InChI is InChI=1S/C12H19N3/c1-2-4-12-6-10(13)11(12)15(8-12)9-3-5-14-7-9/h3,5,7,10-11,14H,2,4,6,8,13H2,1H3. The van der Waals surface area contributed by atoms with Gasteiger partial charge >= 0.3 is 0 Å². The molecule has 2 fully saturated rings. The summed E-state index contributed by atoms with van der Waals surface area (Å²) in [4.78, 5) is 5.57. The molecule has 15 heavy (non-hydrogen) atoms. The molecule has 82 valence electrons. The number of rotatable bonds is 3. The van der Waals surface area contributed by atoms with Crippen LogP contribution >= 0.6 is 0 Å². The van der Waals surface area contributed by atoms with E-state index in [9.17, 15) is 0 Å². The molecule has 3 nitrogen and oxygen atoms in total. The molecule has 0 aromatic carbocycles. The molecule has 0 amide bonds. The Balaban J connectivity index is 1.77. The van der Waals surface area contributed by atoms with Crippen molar-refractivity contribution in [3.63, 3.8) is 0 Å². The van der Waals surface area contributed by atoms with Crippen molar-refractivity contribution in [2.24, 2.45) is 11.1 Å². The second kappa shape index (κ2) is 3.01. The average Bonchev–Trinajstić information content (AvgIpc) is 2.67. The Morgan fingerprint density at radius 2 is 2.53 bits per heavy atom. The van der Waals surface area contributed by atoms with Crippen LogP contribution in [0.25, 0.3) is 0 Å². The molecular formula is C12H19N3. The van der Waals surface area contributed by atoms with Crippen LogP contribution in [0.4, 0.5) is 5.69 Å². The van der Waals surface area contributed by atoms with Gasteiger partial charge in [0.1, 0.15) is 0 Å². The van der Waals surface area contributed by atoms with Crippen molar-refractivity contribution in [1.82, 2.24) is 4.98 Å². The summed E-state index contributed by atoms with van der Waals surface area (Å²) in [5.74, 6) is 0. The first kappa shape index (κ1) is 9.28. The van der Waals surface area contributed by atoms with Gasteiger partial charge in [-0.1, -0.05) is 13.3 Å². The third-order valence-electron chi connectivity index (χ3n) is 4.16. The summed E-state index contributed by atoms with van der Waals surface area (Å²) >= 11 is 0. The minimum absolute atomic E-state index is 0.389. The number of hydrogen-bond donors (Lipinski definition) is 2. The molecular weight excluding hydrogens is 186 g/mol. The number of nitrogens with zero attached hydrogens (tertiary/aromatic N) is 1. The molecule has 1 aliphatic carbocycles. The van der Waals surface area contributed by atoms with Crippen LogP contribution in [0, 0.1) is 5.41 Å². The van der Waals surface area contributed by atoms with Crippen molar-refractivity contribution in [3.8, 4) is 0 Å². The third-order valence-corrected chi connectivity index (χ3v) is 4.16. The van der Waals surface area contributed by atoms with Crippen LogP contribution in [0.15, 0.2) is 18.5 Å². The maximum absolute atomic E-state index is 6.12. The maximum Gasteiger partial charge on any atom is 0.0547 e. The van der Waals surface area contributed by atoms with Gasteiger partial charge in [0, 0.05) is 30.4 Å². The van der Waals surface area contributed by atoms with E-state index in [-0.39, 0.29) is 0 Å². The number of piperidine rings is 1. The lowest BCUT2D eigenvalue weighted by Gasteiger charge is -2.69. The van der Waals surface area contributed by atoms with Crippen molar-refractivity contribution < 1.29 is 0 Å². The minimum atomic E-state index is 0.389. The summed E-state index contributed by atoms with van der Waals surface area (Å²) in [5.41, 5.74) is 7.99. The predicted molar refractivity (Wildman–Crippen MR) is 61.9 cm³/mol. The summed E-state index contributed by atoms with van der Waals surface area (Å²) < 4.78 is 0. The van der Waals surface area contributed by atoms with Gasteiger partial charge < -0.3 is 15.6 Å². The highest BCUT2D eigenvalue weighted by atomic mass is 15.3. The SMILES string of the molecule is CCCC12CC(N)C1N(c1cc[nH]c1)C2. The van der Waals surface area contributed by atoms with Crippen LogP contribution in [0.3, 0.4) is 0 Å². The Kier molecular flexibility index (Phi) is 1.87. The van der Waals surface area contributed by atoms with Gasteiger partial charge in [-0.2, -0.15) is 0 Å². The highest BCUT2D eigenvalue weighted by Gasteiger charge is 2.62. The number of hydrogen-bond acceptors (Lipinski definition) is 2. The van der Waals surface area contributed by atoms with Crippen molar-refractivity contribution in [2.75, 3.05) is 11.4 Å². The number of aromatic amines is 1. The van der Waals surface area contributed by atoms with Gasteiger partial charge in [-0.05, 0) is 18.9 Å². The summed E-state index contributed by atoms with van der Waals surface area (Å²) in [6, 6.07) is 3.13. The number of anilines is 1. The molecule has 0 bridgehead atoms. The Bertz CT molecular complexity index is 342. The van der Waals surface area contributed by atoms with Crippen molar-refractivity contribution in [1.29, 1.82) is 0 Å². The van der Waals surface area contributed by atoms with E-state index in [1.807, 2.05) is 6.20 Å². The Morgan fingerprint density at radius 1 is 1.67 bits per heavy atom. The summed E-state index contributed by atoms with van der Waals surface area (Å²) in [5, 5.41) is 0. The molecule has 1 aliphatic heterocycles. The topological polar surface area (TPSA) is 45.0 Å². The number of fused-ring (bicyclic) bond motifs is 1. The van der Waals surface area contributed by atoms with E-state index in [1.54, 1.807) is 0 Å². The Hall–Kier alpha value is -0.960. The van der Waals surface area contributed by atoms with Gasteiger partial charge in [-0.25, -0.2) is 0 Å². The van der Waals surface area contributed by atoms with E-state index in [0.29, 0.717) is 17.5 Å². The number of H-pyrrole nitrogens is 1. The van der Waals surface area contributed by atoms with E-state index < -0.39 is 0 Å². The molecule has 3 unspecified atom stereocenters. The molecule has 1 saturated heterocycles. The highest BCUT2D eigenvalue weighted by molar-refractivity contribution is 5.53. The first-order chi connectivity index (χ1) is 7.27. The predicted octanol–water partition coefficient (Wildman–Crippen LogP) is 1.72. The average molecular weight is 205 g/mol. The summed E-state index contributed by atoms with van der Waals surface area (Å²) in [7, 11) is 0. The van der Waals surface area contributed by atoms with Gasteiger partial charge in [0.05, 0.1) is 11.7 Å². The van der Waals surface area contributed by atoms with Gasteiger partial charge in [0.25, 0.3) is 0 Å². The largest absolute Gasteiger partial charge is 0.366 e. The Morgan fingerprint density at radius 3 is 3.13 bits per heavy atom. The first-order valence-electron chi connectivity index (χ1n) is 5.92. The minimum Gasteiger partial charge on any atom is -0.366 e. The zero-order valence-corrected chi connectivity index (χ0v) is 9.24. The number of aromatic nitrogens is 1. The second-order valence-corrected chi connectivity index (χ2v) is 5.12. The zero-order chi connectivity index (χ0) is 10.5. The van der Waals surface area contributed by atoms with Gasteiger partial charge in [0.15, 0.2) is 0 Å². The molecule has 3 atom stereocenters. The quantitative estimate of drug-likeness (QED) is 0.789. The molecule has 2 heterocycles. The molecule has 3 N–H and O–H groups in total. The van der Waals surface area contributed by atoms with E-state index >= 15 is 0 Å². The highest BCUT2D eigenvalue weighted by Crippen LogP contribution is 2.56. The fourth-order valence-corrected chi connectivity index (χ4v) is 3.61. The molecule has 1 aromatic rings. The maximum atomic E-state index is 6.12. The lowest BCUT2D eigenvalue weighted by atomic mass is 9.52. The van der Waals surface area contributed by atoms with E-state index in [0.717, 1.165) is 0 Å². The van der Waals surface area contributed by atoms with Crippen molar-refractivity contribution >= 4 is 5.69 Å². The molecule has 2 aliphatic rings. The molecule has 1 aromatic heterocycles. The van der Waals surface area contributed by atoms with E-state index in [4.69, 9.17) is 5.73 Å². The van der Waals surface area contributed by atoms with Crippen LogP contribution in [-0.2, 0) is 0 Å². The Labute approximate surface area is 90.6 Å². The lowest BCUT2D eigenvalue weighted by Crippen LogP contribution is -2.79. The smallest absolute Gasteiger partial charge is 0.0547 e. The monoisotopic (exact) mass is 205 g/mol. The van der Waals surface area contributed by atoms with Crippen LogP contribution in [-0.4, -0.2) is 23.6 Å². The normalized spacial score (nSPS) is 38.1. The summed E-state index contributed by atoms with van der Waals surface area (Å²) in [6.45, 7) is 3.48. The fourth-order valence-electron chi connectivity index (χ4n) is 3.61. The van der Waals surface area contributed by atoms with E-state index in [2.05, 4.69) is 29.1 Å². The van der Waals surface area contributed by atoms with Crippen molar-refractivity contribution in [3.05, 3.63) is 18.5 Å². The fraction of sp³-hybridized carbons (Fsp3) is 0.667. The first-order valence-corrected chi connectivity index (χ1v) is 5.92. The van der Waals surface area contributed by atoms with Gasteiger partial charge in [0.2, 0.25) is 0 Å². The van der Waals surface area contributed by atoms with Gasteiger partial charge in [-0.3, -0.25) is 0 Å². The van der Waals surface area contributed by atoms with Crippen LogP contribution in [0.5, 0.6) is 0 Å². The second-order valence-electron chi connectivity index (χ2n) is 5.12. The molecule has 0 radical (unpaired) electrons. The third kappa shape index (κ3) is 1.10. The molecule has 0 spiro atoms. The van der Waals surface area contributed by atoms with Crippen LogP contribution in [0.1, 0.15) is 26.2 Å². The molecule has 3 rings (SSSR count). The number of nitrogens with one attached hydrogen (secondary N) is 1. The van der Waals surface area contributed by atoms with E-state index in [1.165, 1.54) is 31.5 Å².